The lowest BCUT2D eigenvalue weighted by Crippen LogP contribution is -2.43. The third-order valence-electron chi connectivity index (χ3n) is 2.93. The second-order valence-electron chi connectivity index (χ2n) is 4.79. The summed E-state index contributed by atoms with van der Waals surface area (Å²) < 4.78 is 5.03. The fourth-order valence-electron chi connectivity index (χ4n) is 1.99. The quantitative estimate of drug-likeness (QED) is 0.718. The number of piperidine rings is 1. The van der Waals surface area contributed by atoms with E-state index in [1.165, 1.54) is 0 Å². The maximum atomic E-state index is 12.0. The van der Waals surface area contributed by atoms with Crippen molar-refractivity contribution in [2.45, 2.75) is 38.9 Å². The fraction of sp³-hybridized carbons (Fsp3) is 0.846. The Balaban J connectivity index is 2.42. The zero-order chi connectivity index (χ0) is 13.5. The van der Waals surface area contributed by atoms with E-state index in [4.69, 9.17) is 4.74 Å². The number of hydrogen-bond acceptors (Lipinski definition) is 4. The number of hydrogen-bond donors (Lipinski definition) is 0. The van der Waals surface area contributed by atoms with Crippen molar-refractivity contribution >= 4 is 23.6 Å². The molecule has 0 aromatic carbocycles. The highest BCUT2D eigenvalue weighted by Gasteiger charge is 2.29. The molecule has 5 heteroatoms. The minimum atomic E-state index is -0.161. The van der Waals surface area contributed by atoms with Crippen LogP contribution in [0, 0.1) is 5.92 Å². The van der Waals surface area contributed by atoms with Crippen LogP contribution >= 0.6 is 11.8 Å². The van der Waals surface area contributed by atoms with Crippen molar-refractivity contribution in [3.63, 3.8) is 0 Å². The second-order valence-corrected chi connectivity index (χ2v) is 6.36. The molecule has 1 saturated heterocycles. The van der Waals surface area contributed by atoms with E-state index < -0.39 is 0 Å². The second kappa shape index (κ2) is 7.67. The summed E-state index contributed by atoms with van der Waals surface area (Å²) in [6.45, 7) is 7.67. The summed E-state index contributed by atoms with van der Waals surface area (Å²) in [5, 5.41) is 0.458. The van der Waals surface area contributed by atoms with Gasteiger partial charge in [-0.1, -0.05) is 13.8 Å². The summed E-state index contributed by atoms with van der Waals surface area (Å²) in [5.74, 6) is 0.355. The van der Waals surface area contributed by atoms with Gasteiger partial charge in [0.2, 0.25) is 5.91 Å². The predicted octanol–water partition coefficient (Wildman–Crippen LogP) is 1.93. The molecule has 1 aliphatic heterocycles. The van der Waals surface area contributed by atoms with Gasteiger partial charge in [0, 0.05) is 13.1 Å². The van der Waals surface area contributed by atoms with Gasteiger partial charge in [-0.3, -0.25) is 9.59 Å². The zero-order valence-corrected chi connectivity index (χ0v) is 12.3. The Morgan fingerprint density at radius 2 is 2.17 bits per heavy atom. The number of amides is 1. The monoisotopic (exact) mass is 273 g/mol. The SMILES string of the molecule is CCOC(=O)C1CCCN(C(=O)CSC(C)C)C1. The number of likely N-dealkylation sites (tertiary alicyclic amines) is 1. The van der Waals surface area contributed by atoms with E-state index in [2.05, 4.69) is 13.8 Å². The van der Waals surface area contributed by atoms with Gasteiger partial charge in [-0.2, -0.15) is 0 Å². The highest BCUT2D eigenvalue weighted by atomic mass is 32.2. The number of rotatable bonds is 5. The molecule has 0 radical (unpaired) electrons. The summed E-state index contributed by atoms with van der Waals surface area (Å²) in [7, 11) is 0. The summed E-state index contributed by atoms with van der Waals surface area (Å²) in [6, 6.07) is 0. The molecule has 1 aliphatic rings. The van der Waals surface area contributed by atoms with E-state index in [0.717, 1.165) is 19.4 Å². The van der Waals surface area contributed by atoms with Crippen molar-refractivity contribution < 1.29 is 14.3 Å². The molecule has 0 aromatic rings. The molecule has 104 valence electrons. The number of carbonyl (C=O) groups excluding carboxylic acids is 2. The van der Waals surface area contributed by atoms with Gasteiger partial charge in [0.25, 0.3) is 0 Å². The average molecular weight is 273 g/mol. The van der Waals surface area contributed by atoms with Gasteiger partial charge in [-0.05, 0) is 25.0 Å². The van der Waals surface area contributed by atoms with Gasteiger partial charge in [-0.15, -0.1) is 11.8 Å². The zero-order valence-electron chi connectivity index (χ0n) is 11.5. The van der Waals surface area contributed by atoms with Crippen molar-refractivity contribution in [1.29, 1.82) is 0 Å². The molecule has 0 N–H and O–H groups in total. The standard InChI is InChI=1S/C13H23NO3S/c1-4-17-13(16)11-6-5-7-14(8-11)12(15)9-18-10(2)3/h10-11H,4-9H2,1-3H3. The van der Waals surface area contributed by atoms with Crippen LogP contribution in [0.3, 0.4) is 0 Å². The summed E-state index contributed by atoms with van der Waals surface area (Å²) in [4.78, 5) is 25.5. The van der Waals surface area contributed by atoms with Crippen molar-refractivity contribution in [3.8, 4) is 0 Å². The van der Waals surface area contributed by atoms with Crippen LogP contribution in [0.15, 0.2) is 0 Å². The molecule has 0 aromatic heterocycles. The van der Waals surface area contributed by atoms with Gasteiger partial charge in [0.1, 0.15) is 0 Å². The highest BCUT2D eigenvalue weighted by molar-refractivity contribution is 8.00. The molecule has 1 unspecified atom stereocenters. The molecule has 0 bridgehead atoms. The van der Waals surface area contributed by atoms with Crippen LogP contribution in [-0.2, 0) is 14.3 Å². The number of thioether (sulfide) groups is 1. The van der Waals surface area contributed by atoms with Gasteiger partial charge in [-0.25, -0.2) is 0 Å². The molecule has 4 nitrogen and oxygen atoms in total. The Bertz CT molecular complexity index is 294. The lowest BCUT2D eigenvalue weighted by atomic mass is 9.98. The van der Waals surface area contributed by atoms with Gasteiger partial charge in [0.05, 0.1) is 18.3 Å². The Kier molecular flexibility index (Phi) is 6.54. The molecule has 0 aliphatic carbocycles. The summed E-state index contributed by atoms with van der Waals surface area (Å²) in [6.07, 6.45) is 1.72. The smallest absolute Gasteiger partial charge is 0.310 e. The normalized spacial score (nSPS) is 20.0. The number of ether oxygens (including phenoxy) is 1. The van der Waals surface area contributed by atoms with E-state index in [9.17, 15) is 9.59 Å². The fourth-order valence-corrected chi connectivity index (χ4v) is 2.64. The molecule has 1 atom stereocenters. The van der Waals surface area contributed by atoms with Crippen molar-refractivity contribution in [2.75, 3.05) is 25.4 Å². The first-order valence-corrected chi connectivity index (χ1v) is 7.65. The maximum Gasteiger partial charge on any atom is 0.310 e. The summed E-state index contributed by atoms with van der Waals surface area (Å²) in [5.41, 5.74) is 0. The average Bonchev–Trinajstić information content (AvgIpc) is 2.36. The Morgan fingerprint density at radius 1 is 1.44 bits per heavy atom. The molecule has 0 spiro atoms. The van der Waals surface area contributed by atoms with Crippen molar-refractivity contribution in [2.24, 2.45) is 5.92 Å². The molecule has 1 heterocycles. The number of carbonyl (C=O) groups is 2. The van der Waals surface area contributed by atoms with E-state index in [0.29, 0.717) is 24.2 Å². The molecule has 1 amide bonds. The van der Waals surface area contributed by atoms with E-state index >= 15 is 0 Å². The molecule has 1 fully saturated rings. The minimum absolute atomic E-state index is 0.133. The lowest BCUT2D eigenvalue weighted by molar-refractivity contribution is -0.151. The molecular weight excluding hydrogens is 250 g/mol. The van der Waals surface area contributed by atoms with E-state index in [-0.39, 0.29) is 17.8 Å². The van der Waals surface area contributed by atoms with E-state index in [1.54, 1.807) is 16.7 Å². The van der Waals surface area contributed by atoms with Crippen LogP contribution in [0.2, 0.25) is 0 Å². The Morgan fingerprint density at radius 3 is 2.78 bits per heavy atom. The Labute approximate surface area is 113 Å². The summed E-state index contributed by atoms with van der Waals surface area (Å²) >= 11 is 1.65. The first kappa shape index (κ1) is 15.3. The molecule has 1 rings (SSSR count). The maximum absolute atomic E-state index is 12.0. The first-order chi connectivity index (χ1) is 8.54. The Hall–Kier alpha value is -0.710. The van der Waals surface area contributed by atoms with Gasteiger partial charge in [0.15, 0.2) is 0 Å². The third-order valence-corrected chi connectivity index (χ3v) is 4.01. The lowest BCUT2D eigenvalue weighted by Gasteiger charge is -2.31. The van der Waals surface area contributed by atoms with Crippen LogP contribution in [0.25, 0.3) is 0 Å². The molecular formula is C13H23NO3S. The van der Waals surface area contributed by atoms with Crippen LogP contribution in [0.4, 0.5) is 0 Å². The van der Waals surface area contributed by atoms with E-state index in [1.807, 2.05) is 6.92 Å². The number of nitrogens with zero attached hydrogens (tertiary/aromatic N) is 1. The van der Waals surface area contributed by atoms with Gasteiger partial charge < -0.3 is 9.64 Å². The number of esters is 1. The molecule has 18 heavy (non-hydrogen) atoms. The van der Waals surface area contributed by atoms with Crippen LogP contribution in [-0.4, -0.2) is 47.5 Å². The van der Waals surface area contributed by atoms with Crippen molar-refractivity contribution in [1.82, 2.24) is 4.90 Å². The van der Waals surface area contributed by atoms with Crippen LogP contribution in [0.5, 0.6) is 0 Å². The molecule has 0 saturated carbocycles. The van der Waals surface area contributed by atoms with Crippen LogP contribution in [0.1, 0.15) is 33.6 Å². The van der Waals surface area contributed by atoms with Crippen LogP contribution < -0.4 is 0 Å². The largest absolute Gasteiger partial charge is 0.466 e. The first-order valence-electron chi connectivity index (χ1n) is 6.60. The van der Waals surface area contributed by atoms with Crippen molar-refractivity contribution in [3.05, 3.63) is 0 Å². The topological polar surface area (TPSA) is 46.6 Å². The highest BCUT2D eigenvalue weighted by Crippen LogP contribution is 2.19. The van der Waals surface area contributed by atoms with Gasteiger partial charge >= 0.3 is 5.97 Å². The predicted molar refractivity (Wildman–Crippen MR) is 73.5 cm³/mol. The third kappa shape index (κ3) is 4.88. The minimum Gasteiger partial charge on any atom is -0.466 e.